The zero-order valence-electron chi connectivity index (χ0n) is 15.6. The van der Waals surface area contributed by atoms with Crippen LogP contribution in [0, 0.1) is 0 Å². The molecule has 0 aliphatic rings. The van der Waals surface area contributed by atoms with Crippen LogP contribution in [-0.2, 0) is 9.59 Å². The van der Waals surface area contributed by atoms with E-state index in [0.717, 1.165) is 11.1 Å². The van der Waals surface area contributed by atoms with Gasteiger partial charge in [-0.15, -0.1) is 0 Å². The minimum Gasteiger partial charge on any atom is -0.269 e. The van der Waals surface area contributed by atoms with Crippen LogP contribution in [0.5, 0.6) is 0 Å². The van der Waals surface area contributed by atoms with E-state index in [1.807, 2.05) is 60.7 Å². The molecule has 0 bridgehead atoms. The Kier molecular flexibility index (Phi) is 6.63. The third-order valence-corrected chi connectivity index (χ3v) is 4.10. The van der Waals surface area contributed by atoms with Gasteiger partial charge in [-0.05, 0) is 35.4 Å². The van der Waals surface area contributed by atoms with Gasteiger partial charge in [0.2, 0.25) is 0 Å². The summed E-state index contributed by atoms with van der Waals surface area (Å²) in [5, 5.41) is 0. The van der Waals surface area contributed by atoms with Crippen molar-refractivity contribution in [3.8, 4) is 0 Å². The van der Waals surface area contributed by atoms with E-state index in [-0.39, 0.29) is 5.56 Å². The second kappa shape index (κ2) is 9.76. The summed E-state index contributed by atoms with van der Waals surface area (Å²) in [7, 11) is 0. The summed E-state index contributed by atoms with van der Waals surface area (Å²) in [6.45, 7) is 0. The molecule has 29 heavy (non-hydrogen) atoms. The van der Waals surface area contributed by atoms with E-state index in [4.69, 9.17) is 0 Å². The molecule has 3 aromatic carbocycles. The lowest BCUT2D eigenvalue weighted by molar-refractivity contribution is -0.135. The zero-order valence-corrected chi connectivity index (χ0v) is 15.6. The molecule has 4 heteroatoms. The van der Waals surface area contributed by atoms with E-state index < -0.39 is 17.7 Å². The van der Waals surface area contributed by atoms with Gasteiger partial charge in [0.25, 0.3) is 17.7 Å². The van der Waals surface area contributed by atoms with Crippen molar-refractivity contribution in [1.29, 1.82) is 0 Å². The Balaban J connectivity index is 1.87. The molecule has 3 amide bonds. The van der Waals surface area contributed by atoms with Gasteiger partial charge < -0.3 is 0 Å². The van der Waals surface area contributed by atoms with Crippen molar-refractivity contribution < 1.29 is 14.4 Å². The van der Waals surface area contributed by atoms with E-state index in [1.165, 1.54) is 12.2 Å². The molecule has 4 nitrogen and oxygen atoms in total. The highest BCUT2D eigenvalue weighted by atomic mass is 16.2. The highest BCUT2D eigenvalue weighted by molar-refractivity contribution is 6.22. The Morgan fingerprint density at radius 3 is 1.34 bits per heavy atom. The summed E-state index contributed by atoms with van der Waals surface area (Å²) in [5.41, 5.74) is 1.84. The fraction of sp³-hybridized carbons (Fsp3) is 0. The number of carbonyl (C=O) groups excluding carboxylic acids is 3. The van der Waals surface area contributed by atoms with Crippen molar-refractivity contribution in [3.05, 3.63) is 120 Å². The summed E-state index contributed by atoms with van der Waals surface area (Å²) in [5.74, 6) is -2.08. The lowest BCUT2D eigenvalue weighted by atomic mass is 10.1. The second-order valence-electron chi connectivity index (χ2n) is 6.17. The smallest absolute Gasteiger partial charge is 0.267 e. The molecule has 3 rings (SSSR count). The van der Waals surface area contributed by atoms with Gasteiger partial charge in [-0.1, -0.05) is 78.9 Å². The largest absolute Gasteiger partial charge is 0.269 e. The summed E-state index contributed by atoms with van der Waals surface area (Å²) in [6.07, 6.45) is 5.60. The van der Waals surface area contributed by atoms with Crippen LogP contribution >= 0.6 is 0 Å². The summed E-state index contributed by atoms with van der Waals surface area (Å²) in [6, 6.07) is 26.6. The first-order valence-electron chi connectivity index (χ1n) is 9.09. The number of nitrogens with zero attached hydrogens (tertiary/aromatic N) is 1. The number of rotatable bonds is 5. The van der Waals surface area contributed by atoms with Crippen LogP contribution in [0.1, 0.15) is 21.5 Å². The van der Waals surface area contributed by atoms with Crippen molar-refractivity contribution >= 4 is 29.9 Å². The monoisotopic (exact) mass is 381 g/mol. The number of amides is 3. The van der Waals surface area contributed by atoms with E-state index in [1.54, 1.807) is 42.5 Å². The second-order valence-corrected chi connectivity index (χ2v) is 6.17. The summed E-state index contributed by atoms with van der Waals surface area (Å²) in [4.78, 5) is 39.0. The van der Waals surface area contributed by atoms with Crippen LogP contribution in [-0.4, -0.2) is 22.6 Å². The highest BCUT2D eigenvalue weighted by Crippen LogP contribution is 2.10. The van der Waals surface area contributed by atoms with Gasteiger partial charge in [-0.25, -0.2) is 4.90 Å². The van der Waals surface area contributed by atoms with Gasteiger partial charge in [-0.2, -0.15) is 0 Å². The van der Waals surface area contributed by atoms with Crippen molar-refractivity contribution in [2.45, 2.75) is 0 Å². The van der Waals surface area contributed by atoms with Crippen molar-refractivity contribution in [1.82, 2.24) is 4.90 Å². The topological polar surface area (TPSA) is 54.5 Å². The Hall–Kier alpha value is -4.05. The molecule has 0 spiro atoms. The molecule has 0 saturated heterocycles. The molecule has 0 radical (unpaired) electrons. The Labute approximate surface area is 169 Å². The minimum absolute atomic E-state index is 0.260. The first-order valence-corrected chi connectivity index (χ1v) is 9.09. The maximum Gasteiger partial charge on any atom is 0.267 e. The van der Waals surface area contributed by atoms with Crippen molar-refractivity contribution in [3.63, 3.8) is 0 Å². The molecule has 0 aliphatic carbocycles. The number of carbonyl (C=O) groups is 3. The third kappa shape index (κ3) is 5.47. The quantitative estimate of drug-likeness (QED) is 0.607. The predicted octanol–water partition coefficient (Wildman–Crippen LogP) is 4.61. The van der Waals surface area contributed by atoms with Crippen molar-refractivity contribution in [2.75, 3.05) is 0 Å². The normalized spacial score (nSPS) is 10.9. The Morgan fingerprint density at radius 2 is 0.931 bits per heavy atom. The van der Waals surface area contributed by atoms with E-state index in [2.05, 4.69) is 0 Å². The molecule has 0 heterocycles. The molecular formula is C25H19NO3. The Bertz CT molecular complexity index is 978. The molecule has 0 fully saturated rings. The number of benzene rings is 3. The maximum absolute atomic E-state index is 12.9. The first-order chi connectivity index (χ1) is 14.1. The standard InChI is InChI=1S/C25H19NO3/c27-23(18-16-20-10-4-1-5-11-20)26(25(29)22-14-8-3-9-15-22)24(28)19-17-21-12-6-2-7-13-21/h1-19H. The summed E-state index contributed by atoms with van der Waals surface area (Å²) < 4.78 is 0. The molecule has 0 N–H and O–H groups in total. The SMILES string of the molecule is O=C(C=Cc1ccccc1)N(C(=O)C=Cc1ccccc1)C(=O)c1ccccc1. The number of hydrogen-bond acceptors (Lipinski definition) is 3. The minimum atomic E-state index is -0.703. The molecule has 0 atom stereocenters. The molecular weight excluding hydrogens is 362 g/mol. The highest BCUT2D eigenvalue weighted by Gasteiger charge is 2.26. The first kappa shape index (κ1) is 19.7. The Morgan fingerprint density at radius 1 is 0.552 bits per heavy atom. The van der Waals surface area contributed by atoms with Gasteiger partial charge in [-0.3, -0.25) is 14.4 Å². The van der Waals surface area contributed by atoms with E-state index >= 15 is 0 Å². The van der Waals surface area contributed by atoms with E-state index in [9.17, 15) is 14.4 Å². The van der Waals surface area contributed by atoms with Crippen LogP contribution in [0.25, 0.3) is 12.2 Å². The molecule has 3 aromatic rings. The van der Waals surface area contributed by atoms with Crippen LogP contribution in [0.4, 0.5) is 0 Å². The van der Waals surface area contributed by atoms with Gasteiger partial charge in [0.15, 0.2) is 0 Å². The van der Waals surface area contributed by atoms with Crippen LogP contribution in [0.15, 0.2) is 103 Å². The molecule has 142 valence electrons. The number of hydrogen-bond donors (Lipinski definition) is 0. The zero-order chi connectivity index (χ0) is 20.5. The van der Waals surface area contributed by atoms with Gasteiger partial charge in [0.1, 0.15) is 0 Å². The fourth-order valence-corrected chi connectivity index (χ4v) is 2.63. The molecule has 0 aromatic heterocycles. The lowest BCUT2D eigenvalue weighted by Gasteiger charge is -2.16. The summed E-state index contributed by atoms with van der Waals surface area (Å²) >= 11 is 0. The lowest BCUT2D eigenvalue weighted by Crippen LogP contribution is -2.40. The third-order valence-electron chi connectivity index (χ3n) is 4.10. The average Bonchev–Trinajstić information content (AvgIpc) is 2.78. The van der Waals surface area contributed by atoms with Crippen LogP contribution < -0.4 is 0 Å². The van der Waals surface area contributed by atoms with Crippen molar-refractivity contribution in [2.24, 2.45) is 0 Å². The van der Waals surface area contributed by atoms with E-state index in [0.29, 0.717) is 4.90 Å². The van der Waals surface area contributed by atoms with Gasteiger partial charge >= 0.3 is 0 Å². The predicted molar refractivity (Wildman–Crippen MR) is 114 cm³/mol. The van der Waals surface area contributed by atoms with Crippen LogP contribution in [0.2, 0.25) is 0 Å². The molecule has 0 saturated carbocycles. The average molecular weight is 381 g/mol. The van der Waals surface area contributed by atoms with Gasteiger partial charge in [0, 0.05) is 17.7 Å². The molecule has 0 aliphatic heterocycles. The molecule has 0 unspecified atom stereocenters. The fourth-order valence-electron chi connectivity index (χ4n) is 2.63. The van der Waals surface area contributed by atoms with Gasteiger partial charge in [0.05, 0.1) is 0 Å². The van der Waals surface area contributed by atoms with Crippen LogP contribution in [0.3, 0.4) is 0 Å². The number of imide groups is 3. The maximum atomic E-state index is 12.9.